The molecule has 0 radical (unpaired) electrons. The molecule has 3 rings (SSSR count). The van der Waals surface area contributed by atoms with Crippen LogP contribution in [-0.4, -0.2) is 40.8 Å². The molecule has 0 saturated carbocycles. The van der Waals surface area contributed by atoms with Crippen LogP contribution in [0.25, 0.3) is 0 Å². The predicted octanol–water partition coefficient (Wildman–Crippen LogP) is 3.88. The van der Waals surface area contributed by atoms with Crippen molar-refractivity contribution in [1.29, 1.82) is 0 Å². The Morgan fingerprint density at radius 2 is 1.45 bits per heavy atom. The summed E-state index contributed by atoms with van der Waals surface area (Å²) < 4.78 is 41.5. The van der Waals surface area contributed by atoms with Crippen LogP contribution in [0.5, 0.6) is 17.2 Å². The van der Waals surface area contributed by atoms with Crippen molar-refractivity contribution in [2.75, 3.05) is 26.5 Å². The Kier molecular flexibility index (Phi) is 8.32. The summed E-state index contributed by atoms with van der Waals surface area (Å²) in [5.41, 5.74) is 1.30. The lowest BCUT2D eigenvalue weighted by molar-refractivity contribution is 0.0952. The molecule has 0 bridgehead atoms. The molecule has 3 aromatic rings. The van der Waals surface area contributed by atoms with Gasteiger partial charge in [-0.15, -0.1) is 0 Å². The fraction of sp³-hybridized carbons (Fsp3) is 0.240. The molecule has 174 valence electrons. The van der Waals surface area contributed by atoms with Gasteiger partial charge in [0.2, 0.25) is 5.75 Å². The van der Waals surface area contributed by atoms with Gasteiger partial charge in [0.1, 0.15) is 6.61 Å². The fourth-order valence-corrected chi connectivity index (χ4v) is 4.53. The molecule has 0 saturated heterocycles. The van der Waals surface area contributed by atoms with E-state index in [2.05, 4.69) is 5.32 Å². The minimum atomic E-state index is -3.39. The third kappa shape index (κ3) is 6.49. The maximum Gasteiger partial charge on any atom is 0.251 e. The monoisotopic (exact) mass is 469 g/mol. The van der Waals surface area contributed by atoms with Gasteiger partial charge >= 0.3 is 0 Å². The topological polar surface area (TPSA) is 90.9 Å². The van der Waals surface area contributed by atoms with Gasteiger partial charge < -0.3 is 19.5 Å². The number of carbonyl (C=O) groups is 1. The summed E-state index contributed by atoms with van der Waals surface area (Å²) in [6.45, 7) is 0.525. The van der Waals surface area contributed by atoms with E-state index in [4.69, 9.17) is 14.2 Å². The van der Waals surface area contributed by atoms with Gasteiger partial charge in [-0.05, 0) is 36.2 Å². The number of amides is 1. The van der Waals surface area contributed by atoms with Crippen molar-refractivity contribution in [2.45, 2.75) is 17.9 Å². The molecular formula is C25H27NO6S. The average molecular weight is 470 g/mol. The van der Waals surface area contributed by atoms with Crippen LogP contribution in [0, 0.1) is 0 Å². The molecule has 8 heteroatoms. The second-order valence-corrected chi connectivity index (χ2v) is 9.33. The molecule has 0 heterocycles. The summed E-state index contributed by atoms with van der Waals surface area (Å²) in [6.07, 6.45) is 0.287. The molecule has 3 aromatic carbocycles. The molecule has 1 amide bonds. The van der Waals surface area contributed by atoms with Crippen LogP contribution in [0.4, 0.5) is 0 Å². The largest absolute Gasteiger partial charge is 0.493 e. The van der Waals surface area contributed by atoms with E-state index >= 15 is 0 Å². The van der Waals surface area contributed by atoms with E-state index in [0.29, 0.717) is 29.4 Å². The first-order chi connectivity index (χ1) is 15.9. The molecule has 33 heavy (non-hydrogen) atoms. The van der Waals surface area contributed by atoms with Gasteiger partial charge in [0.15, 0.2) is 21.3 Å². The first-order valence-electron chi connectivity index (χ1n) is 10.4. The summed E-state index contributed by atoms with van der Waals surface area (Å²) in [4.78, 5) is 12.9. The molecule has 0 atom stereocenters. The smallest absolute Gasteiger partial charge is 0.251 e. The zero-order valence-electron chi connectivity index (χ0n) is 18.6. The molecule has 7 nitrogen and oxygen atoms in total. The van der Waals surface area contributed by atoms with Crippen LogP contribution in [0.3, 0.4) is 0 Å². The predicted molar refractivity (Wildman–Crippen MR) is 126 cm³/mol. The molecule has 0 aliphatic carbocycles. The van der Waals surface area contributed by atoms with Crippen molar-refractivity contribution in [1.82, 2.24) is 5.32 Å². The Morgan fingerprint density at radius 1 is 0.879 bits per heavy atom. The number of carbonyl (C=O) groups excluding carboxylic acids is 1. The molecular weight excluding hydrogens is 442 g/mol. The third-order valence-electron chi connectivity index (χ3n) is 4.93. The van der Waals surface area contributed by atoms with Crippen molar-refractivity contribution in [3.05, 3.63) is 83.9 Å². The molecule has 0 spiro atoms. The highest BCUT2D eigenvalue weighted by atomic mass is 32.2. The second-order valence-electron chi connectivity index (χ2n) is 7.23. The molecule has 0 aliphatic rings. The summed E-state index contributed by atoms with van der Waals surface area (Å²) in [6, 6.07) is 21.1. The van der Waals surface area contributed by atoms with Crippen LogP contribution >= 0.6 is 0 Å². The number of hydrogen-bond acceptors (Lipinski definition) is 6. The van der Waals surface area contributed by atoms with E-state index in [1.54, 1.807) is 42.5 Å². The van der Waals surface area contributed by atoms with Crippen LogP contribution in [-0.2, 0) is 16.4 Å². The summed E-state index contributed by atoms with van der Waals surface area (Å²) in [5, 5.41) is 2.75. The van der Waals surface area contributed by atoms with Crippen LogP contribution in [0.15, 0.2) is 77.7 Å². The molecule has 1 N–H and O–H groups in total. The minimum absolute atomic E-state index is 0.0593. The van der Waals surface area contributed by atoms with E-state index in [1.807, 2.05) is 30.3 Å². The molecule has 0 aliphatic heterocycles. The van der Waals surface area contributed by atoms with Gasteiger partial charge in [-0.25, -0.2) is 8.42 Å². The van der Waals surface area contributed by atoms with E-state index in [-0.39, 0.29) is 29.5 Å². The van der Waals surface area contributed by atoms with Crippen molar-refractivity contribution >= 4 is 15.7 Å². The van der Waals surface area contributed by atoms with Crippen LogP contribution in [0.2, 0.25) is 0 Å². The van der Waals surface area contributed by atoms with Gasteiger partial charge in [-0.2, -0.15) is 0 Å². The van der Waals surface area contributed by atoms with Gasteiger partial charge in [-0.3, -0.25) is 4.79 Å². The van der Waals surface area contributed by atoms with Crippen LogP contribution < -0.4 is 19.5 Å². The standard InChI is InChI=1S/C25H27NO6S/c1-30-22-16-20(17-23(31-2)24(22)32-18-19-10-5-3-6-11-19)25(27)26-14-9-15-33(28,29)21-12-7-4-8-13-21/h3-8,10-13,16-17H,9,14-15,18H2,1-2H3,(H,26,27). The molecule has 0 unspecified atom stereocenters. The fourth-order valence-electron chi connectivity index (χ4n) is 3.19. The third-order valence-corrected chi connectivity index (χ3v) is 6.74. The van der Waals surface area contributed by atoms with E-state index in [9.17, 15) is 13.2 Å². The van der Waals surface area contributed by atoms with Gasteiger partial charge in [0, 0.05) is 12.1 Å². The van der Waals surface area contributed by atoms with Crippen molar-refractivity contribution in [2.24, 2.45) is 0 Å². The average Bonchev–Trinajstić information content (AvgIpc) is 2.85. The number of rotatable bonds is 11. The first kappa shape index (κ1) is 24.1. The maximum absolute atomic E-state index is 12.7. The molecule has 0 fully saturated rings. The zero-order chi connectivity index (χ0) is 23.7. The normalized spacial score (nSPS) is 11.0. The maximum atomic E-state index is 12.7. The Balaban J connectivity index is 1.63. The Bertz CT molecular complexity index is 1140. The first-order valence-corrected chi connectivity index (χ1v) is 12.1. The quantitative estimate of drug-likeness (QED) is 0.429. The summed E-state index contributed by atoms with van der Waals surface area (Å²) >= 11 is 0. The van der Waals surface area contributed by atoms with Crippen molar-refractivity contribution in [3.63, 3.8) is 0 Å². The number of benzene rings is 3. The van der Waals surface area contributed by atoms with Crippen molar-refractivity contribution in [3.8, 4) is 17.2 Å². The SMILES string of the molecule is COc1cc(C(=O)NCCCS(=O)(=O)c2ccccc2)cc(OC)c1OCc1ccccc1. The minimum Gasteiger partial charge on any atom is -0.493 e. The Hall–Kier alpha value is -3.52. The highest BCUT2D eigenvalue weighted by molar-refractivity contribution is 7.91. The molecule has 0 aromatic heterocycles. The van der Waals surface area contributed by atoms with Gasteiger partial charge in [0.25, 0.3) is 5.91 Å². The lowest BCUT2D eigenvalue weighted by Gasteiger charge is -2.16. The Labute approximate surface area is 194 Å². The van der Waals surface area contributed by atoms with Crippen LogP contribution in [0.1, 0.15) is 22.3 Å². The number of methoxy groups -OCH3 is 2. The van der Waals surface area contributed by atoms with E-state index in [0.717, 1.165) is 5.56 Å². The number of ether oxygens (including phenoxy) is 3. The zero-order valence-corrected chi connectivity index (χ0v) is 19.4. The number of sulfone groups is 1. The highest BCUT2D eigenvalue weighted by Crippen LogP contribution is 2.39. The van der Waals surface area contributed by atoms with E-state index in [1.165, 1.54) is 14.2 Å². The van der Waals surface area contributed by atoms with Crippen molar-refractivity contribution < 1.29 is 27.4 Å². The lowest BCUT2D eigenvalue weighted by atomic mass is 10.1. The van der Waals surface area contributed by atoms with Gasteiger partial charge in [-0.1, -0.05) is 48.5 Å². The number of nitrogens with one attached hydrogen (secondary N) is 1. The summed E-state index contributed by atoms with van der Waals surface area (Å²) in [7, 11) is -0.414. The second kappa shape index (κ2) is 11.4. The highest BCUT2D eigenvalue weighted by Gasteiger charge is 2.18. The summed E-state index contributed by atoms with van der Waals surface area (Å²) in [5.74, 6) is 0.702. The van der Waals surface area contributed by atoms with Gasteiger partial charge in [0.05, 0.1) is 24.9 Å². The Morgan fingerprint density at radius 3 is 2.03 bits per heavy atom. The lowest BCUT2D eigenvalue weighted by Crippen LogP contribution is -2.26. The van der Waals surface area contributed by atoms with E-state index < -0.39 is 9.84 Å². The number of hydrogen-bond donors (Lipinski definition) is 1.